The SMILES string of the molecule is c1ccc(-c2cc(-c3ccc(-c4ccc5nc6c(cc5c4)oc4ccccc46)cc3)nc(-c3ccncc3)n2)cc1. The largest absolute Gasteiger partial charge is 0.454 e. The molecule has 8 aromatic rings. The number of furan rings is 1. The van der Waals surface area contributed by atoms with E-state index in [9.17, 15) is 0 Å². The van der Waals surface area contributed by atoms with E-state index in [2.05, 4.69) is 77.8 Å². The van der Waals surface area contributed by atoms with Gasteiger partial charge in [0.05, 0.1) is 16.9 Å². The smallest absolute Gasteiger partial charge is 0.160 e. The fourth-order valence-corrected chi connectivity index (χ4v) is 5.29. The van der Waals surface area contributed by atoms with E-state index < -0.39 is 0 Å². The average molecular weight is 527 g/mol. The van der Waals surface area contributed by atoms with Gasteiger partial charge in [0.2, 0.25) is 0 Å². The molecule has 4 heterocycles. The standard InChI is InChI=1S/C36H22N4O/c1-2-6-24(7-3-1)31-22-32(40-36(39-31)26-16-18-37-19-17-26)25-12-10-23(11-13-25)27-14-15-30-28(20-27)21-34-35(38-30)29-8-4-5-9-33(29)41-34/h1-22H. The normalized spacial score (nSPS) is 11.4. The first-order valence-corrected chi connectivity index (χ1v) is 13.5. The number of para-hydroxylation sites is 1. The molecule has 5 heteroatoms. The quantitative estimate of drug-likeness (QED) is 0.229. The second kappa shape index (κ2) is 9.50. The minimum atomic E-state index is 0.673. The number of rotatable bonds is 4. The Morgan fingerprint density at radius 1 is 0.463 bits per heavy atom. The number of pyridine rings is 2. The Morgan fingerprint density at radius 3 is 1.95 bits per heavy atom. The van der Waals surface area contributed by atoms with Crippen molar-refractivity contribution in [2.45, 2.75) is 0 Å². The Bertz CT molecular complexity index is 2130. The number of benzene rings is 4. The van der Waals surface area contributed by atoms with Crippen LogP contribution in [0.5, 0.6) is 0 Å². The van der Waals surface area contributed by atoms with Crippen molar-refractivity contribution in [1.29, 1.82) is 0 Å². The van der Waals surface area contributed by atoms with Gasteiger partial charge in [0.15, 0.2) is 11.4 Å². The first-order chi connectivity index (χ1) is 20.3. The van der Waals surface area contributed by atoms with E-state index >= 15 is 0 Å². The highest BCUT2D eigenvalue weighted by atomic mass is 16.3. The van der Waals surface area contributed by atoms with Gasteiger partial charge in [-0.3, -0.25) is 4.98 Å². The molecule has 0 unspecified atom stereocenters. The molecule has 0 saturated carbocycles. The van der Waals surface area contributed by atoms with Crippen molar-refractivity contribution in [2.24, 2.45) is 0 Å². The van der Waals surface area contributed by atoms with Crippen LogP contribution >= 0.6 is 0 Å². The highest BCUT2D eigenvalue weighted by molar-refractivity contribution is 6.06. The van der Waals surface area contributed by atoms with Crippen LogP contribution in [0.3, 0.4) is 0 Å². The summed E-state index contributed by atoms with van der Waals surface area (Å²) in [5.74, 6) is 0.673. The molecule has 0 radical (unpaired) electrons. The molecule has 0 aliphatic rings. The molecule has 0 N–H and O–H groups in total. The molecule has 0 spiro atoms. The zero-order valence-corrected chi connectivity index (χ0v) is 21.9. The summed E-state index contributed by atoms with van der Waals surface area (Å²) >= 11 is 0. The second-order valence-electron chi connectivity index (χ2n) is 9.98. The lowest BCUT2D eigenvalue weighted by Crippen LogP contribution is -1.96. The molecule has 0 atom stereocenters. The maximum Gasteiger partial charge on any atom is 0.160 e. The summed E-state index contributed by atoms with van der Waals surface area (Å²) in [6.07, 6.45) is 3.53. The molecule has 4 aromatic carbocycles. The monoisotopic (exact) mass is 526 g/mol. The fourth-order valence-electron chi connectivity index (χ4n) is 5.29. The summed E-state index contributed by atoms with van der Waals surface area (Å²) < 4.78 is 6.08. The molecule has 0 saturated heterocycles. The molecule has 5 nitrogen and oxygen atoms in total. The van der Waals surface area contributed by atoms with Crippen LogP contribution in [-0.2, 0) is 0 Å². The summed E-state index contributed by atoms with van der Waals surface area (Å²) in [6.45, 7) is 0. The molecule has 0 amide bonds. The van der Waals surface area contributed by atoms with Gasteiger partial charge in [-0.05, 0) is 59.7 Å². The zero-order chi connectivity index (χ0) is 27.2. The van der Waals surface area contributed by atoms with E-state index in [0.717, 1.165) is 72.2 Å². The van der Waals surface area contributed by atoms with Gasteiger partial charge in [-0.1, -0.05) is 72.8 Å². The molecule has 0 aliphatic carbocycles. The van der Waals surface area contributed by atoms with Crippen molar-refractivity contribution in [3.05, 3.63) is 134 Å². The minimum absolute atomic E-state index is 0.673. The molecular weight excluding hydrogens is 504 g/mol. The molecule has 41 heavy (non-hydrogen) atoms. The topological polar surface area (TPSA) is 64.7 Å². The van der Waals surface area contributed by atoms with E-state index in [1.54, 1.807) is 12.4 Å². The molecule has 0 aliphatic heterocycles. The molecule has 0 bridgehead atoms. The molecule has 192 valence electrons. The highest BCUT2D eigenvalue weighted by Gasteiger charge is 2.12. The number of fused-ring (bicyclic) bond motifs is 4. The Balaban J connectivity index is 1.18. The number of hydrogen-bond donors (Lipinski definition) is 0. The lowest BCUT2D eigenvalue weighted by Gasteiger charge is -2.10. The van der Waals surface area contributed by atoms with Crippen molar-refractivity contribution in [2.75, 3.05) is 0 Å². The lowest BCUT2D eigenvalue weighted by molar-refractivity contribution is 0.669. The highest BCUT2D eigenvalue weighted by Crippen LogP contribution is 2.33. The third kappa shape index (κ3) is 4.21. The lowest BCUT2D eigenvalue weighted by atomic mass is 10.00. The van der Waals surface area contributed by atoms with Crippen molar-refractivity contribution in [3.8, 4) is 45.0 Å². The predicted molar refractivity (Wildman–Crippen MR) is 164 cm³/mol. The Hall–Kier alpha value is -5.68. The fraction of sp³-hybridized carbons (Fsp3) is 0. The van der Waals surface area contributed by atoms with E-state index in [-0.39, 0.29) is 0 Å². The van der Waals surface area contributed by atoms with E-state index in [1.165, 1.54) is 0 Å². The maximum atomic E-state index is 6.08. The number of aromatic nitrogens is 4. The summed E-state index contributed by atoms with van der Waals surface area (Å²) in [7, 11) is 0. The van der Waals surface area contributed by atoms with Crippen LogP contribution in [0.1, 0.15) is 0 Å². The number of nitrogens with zero attached hydrogens (tertiary/aromatic N) is 4. The summed E-state index contributed by atoms with van der Waals surface area (Å²) in [5.41, 5.74) is 10.5. The average Bonchev–Trinajstić information content (AvgIpc) is 3.41. The van der Waals surface area contributed by atoms with E-state index in [4.69, 9.17) is 19.4 Å². The third-order valence-electron chi connectivity index (χ3n) is 7.39. The van der Waals surface area contributed by atoms with Crippen molar-refractivity contribution in [3.63, 3.8) is 0 Å². The minimum Gasteiger partial charge on any atom is -0.454 e. The van der Waals surface area contributed by atoms with Crippen LogP contribution in [0.15, 0.2) is 138 Å². The Morgan fingerprint density at radius 2 is 1.15 bits per heavy atom. The van der Waals surface area contributed by atoms with Crippen molar-refractivity contribution >= 4 is 33.0 Å². The molecule has 4 aromatic heterocycles. The van der Waals surface area contributed by atoms with Gasteiger partial charge in [0, 0.05) is 39.9 Å². The predicted octanol–water partition coefficient (Wildman–Crippen LogP) is 8.99. The number of hydrogen-bond acceptors (Lipinski definition) is 5. The van der Waals surface area contributed by atoms with Gasteiger partial charge in [-0.2, -0.15) is 0 Å². The van der Waals surface area contributed by atoms with Crippen LogP contribution in [0.25, 0.3) is 78.0 Å². The van der Waals surface area contributed by atoms with Gasteiger partial charge >= 0.3 is 0 Å². The van der Waals surface area contributed by atoms with Crippen LogP contribution in [0, 0.1) is 0 Å². The van der Waals surface area contributed by atoms with Crippen LogP contribution < -0.4 is 0 Å². The van der Waals surface area contributed by atoms with E-state index in [1.807, 2.05) is 48.5 Å². The van der Waals surface area contributed by atoms with Crippen LogP contribution in [0.4, 0.5) is 0 Å². The summed E-state index contributed by atoms with van der Waals surface area (Å²) in [6, 6.07) is 41.1. The van der Waals surface area contributed by atoms with Crippen LogP contribution in [0.2, 0.25) is 0 Å². The molecule has 0 fully saturated rings. The van der Waals surface area contributed by atoms with Gasteiger partial charge in [0.25, 0.3) is 0 Å². The van der Waals surface area contributed by atoms with Gasteiger partial charge in [-0.15, -0.1) is 0 Å². The first-order valence-electron chi connectivity index (χ1n) is 13.5. The van der Waals surface area contributed by atoms with Gasteiger partial charge in [0.1, 0.15) is 11.1 Å². The third-order valence-corrected chi connectivity index (χ3v) is 7.39. The van der Waals surface area contributed by atoms with Crippen molar-refractivity contribution < 1.29 is 4.42 Å². The first kappa shape index (κ1) is 23.2. The summed E-state index contributed by atoms with van der Waals surface area (Å²) in [5, 5.41) is 2.08. The maximum absolute atomic E-state index is 6.08. The van der Waals surface area contributed by atoms with Gasteiger partial charge in [-0.25, -0.2) is 15.0 Å². The summed E-state index contributed by atoms with van der Waals surface area (Å²) in [4.78, 5) is 18.9. The zero-order valence-electron chi connectivity index (χ0n) is 21.9. The molecular formula is C36H22N4O. The van der Waals surface area contributed by atoms with Crippen LogP contribution in [-0.4, -0.2) is 19.9 Å². The Kier molecular flexibility index (Phi) is 5.38. The van der Waals surface area contributed by atoms with Crippen molar-refractivity contribution in [1.82, 2.24) is 19.9 Å². The van der Waals surface area contributed by atoms with Gasteiger partial charge < -0.3 is 4.42 Å². The molecule has 8 rings (SSSR count). The second-order valence-corrected chi connectivity index (χ2v) is 9.98. The van der Waals surface area contributed by atoms with E-state index in [0.29, 0.717) is 5.82 Å². The Labute approximate surface area is 235 Å².